The number of nitrogens with one attached hydrogen (secondary N) is 2. The van der Waals surface area contributed by atoms with E-state index in [2.05, 4.69) is 10.6 Å². The highest BCUT2D eigenvalue weighted by atomic mass is 16.5. The molecule has 6 nitrogen and oxygen atoms in total. The molecular weight excluding hydrogens is 320 g/mol. The highest BCUT2D eigenvalue weighted by Gasteiger charge is 2.25. The Labute approximate surface area is 145 Å². The molecule has 0 saturated heterocycles. The smallest absolute Gasteiger partial charge is 0.338 e. The second-order valence-electron chi connectivity index (χ2n) is 5.78. The van der Waals surface area contributed by atoms with Crippen molar-refractivity contribution in [1.82, 2.24) is 5.32 Å². The SMILES string of the molecule is O=C(COC(=O)c1ccccc1)Nc1ccccc1C(=O)NC1CC1. The summed E-state index contributed by atoms with van der Waals surface area (Å²) in [5.41, 5.74) is 1.15. The summed E-state index contributed by atoms with van der Waals surface area (Å²) >= 11 is 0. The maximum absolute atomic E-state index is 12.2. The van der Waals surface area contributed by atoms with Gasteiger partial charge in [0.25, 0.3) is 11.8 Å². The number of para-hydroxylation sites is 1. The van der Waals surface area contributed by atoms with Crippen LogP contribution in [0, 0.1) is 0 Å². The van der Waals surface area contributed by atoms with Gasteiger partial charge in [0.05, 0.1) is 16.8 Å². The summed E-state index contributed by atoms with van der Waals surface area (Å²) in [5, 5.41) is 5.49. The molecule has 2 aromatic rings. The van der Waals surface area contributed by atoms with E-state index in [0.29, 0.717) is 16.8 Å². The minimum absolute atomic E-state index is 0.223. The predicted octanol–water partition coefficient (Wildman–Crippen LogP) is 2.37. The molecule has 1 saturated carbocycles. The minimum Gasteiger partial charge on any atom is -0.452 e. The van der Waals surface area contributed by atoms with Crippen molar-refractivity contribution in [3.63, 3.8) is 0 Å². The number of ether oxygens (including phenoxy) is 1. The minimum atomic E-state index is -0.574. The molecule has 0 aromatic heterocycles. The summed E-state index contributed by atoms with van der Waals surface area (Å²) in [6.45, 7) is -0.424. The molecule has 0 atom stereocenters. The topological polar surface area (TPSA) is 84.5 Å². The maximum Gasteiger partial charge on any atom is 0.338 e. The lowest BCUT2D eigenvalue weighted by molar-refractivity contribution is -0.119. The molecule has 1 aliphatic carbocycles. The van der Waals surface area contributed by atoms with Gasteiger partial charge in [0.2, 0.25) is 0 Å². The molecule has 0 aliphatic heterocycles. The van der Waals surface area contributed by atoms with Gasteiger partial charge >= 0.3 is 5.97 Å². The van der Waals surface area contributed by atoms with Gasteiger partial charge in [-0.25, -0.2) is 4.79 Å². The van der Waals surface area contributed by atoms with Crippen molar-refractivity contribution in [1.29, 1.82) is 0 Å². The van der Waals surface area contributed by atoms with Crippen LogP contribution in [0.4, 0.5) is 5.69 Å². The van der Waals surface area contributed by atoms with Crippen LogP contribution < -0.4 is 10.6 Å². The lowest BCUT2D eigenvalue weighted by Gasteiger charge is -2.11. The Balaban J connectivity index is 1.57. The first-order valence-corrected chi connectivity index (χ1v) is 8.05. The first-order chi connectivity index (χ1) is 12.1. The van der Waals surface area contributed by atoms with Crippen LogP contribution in [0.25, 0.3) is 0 Å². The first-order valence-electron chi connectivity index (χ1n) is 8.05. The predicted molar refractivity (Wildman–Crippen MR) is 92.3 cm³/mol. The molecule has 128 valence electrons. The number of anilines is 1. The van der Waals surface area contributed by atoms with Crippen molar-refractivity contribution < 1.29 is 19.1 Å². The molecule has 0 unspecified atom stereocenters. The lowest BCUT2D eigenvalue weighted by atomic mass is 10.1. The molecule has 0 bridgehead atoms. The molecule has 0 heterocycles. The van der Waals surface area contributed by atoms with Gasteiger partial charge in [-0.2, -0.15) is 0 Å². The van der Waals surface area contributed by atoms with E-state index in [-0.39, 0.29) is 11.9 Å². The van der Waals surface area contributed by atoms with Crippen molar-refractivity contribution >= 4 is 23.5 Å². The highest BCUT2D eigenvalue weighted by Crippen LogP contribution is 2.21. The van der Waals surface area contributed by atoms with Crippen molar-refractivity contribution in [2.45, 2.75) is 18.9 Å². The first kappa shape index (κ1) is 16.7. The quantitative estimate of drug-likeness (QED) is 0.792. The molecule has 2 aromatic carbocycles. The van der Waals surface area contributed by atoms with Crippen LogP contribution in [-0.2, 0) is 9.53 Å². The van der Waals surface area contributed by atoms with Gasteiger partial charge in [-0.1, -0.05) is 30.3 Å². The van der Waals surface area contributed by atoms with E-state index in [4.69, 9.17) is 4.74 Å². The van der Waals surface area contributed by atoms with Crippen LogP contribution in [0.1, 0.15) is 33.6 Å². The second-order valence-corrected chi connectivity index (χ2v) is 5.78. The summed E-state index contributed by atoms with van der Waals surface area (Å²) < 4.78 is 4.99. The summed E-state index contributed by atoms with van der Waals surface area (Å²) in [6.07, 6.45) is 1.96. The summed E-state index contributed by atoms with van der Waals surface area (Å²) in [5.74, 6) is -1.30. The van der Waals surface area contributed by atoms with Crippen molar-refractivity contribution in [2.24, 2.45) is 0 Å². The van der Waals surface area contributed by atoms with Crippen LogP contribution in [0.5, 0.6) is 0 Å². The third-order valence-corrected chi connectivity index (χ3v) is 3.70. The number of rotatable bonds is 6. The number of hydrogen-bond donors (Lipinski definition) is 2. The largest absolute Gasteiger partial charge is 0.452 e. The number of amides is 2. The van der Waals surface area contributed by atoms with Crippen LogP contribution >= 0.6 is 0 Å². The van der Waals surface area contributed by atoms with Gasteiger partial charge in [0.1, 0.15) is 0 Å². The van der Waals surface area contributed by atoms with Crippen LogP contribution in [-0.4, -0.2) is 30.4 Å². The highest BCUT2D eigenvalue weighted by molar-refractivity contribution is 6.04. The van der Waals surface area contributed by atoms with Crippen molar-refractivity contribution in [3.05, 3.63) is 65.7 Å². The molecular formula is C19H18N2O4. The molecule has 2 N–H and O–H groups in total. The molecule has 0 radical (unpaired) electrons. The van der Waals surface area contributed by atoms with Gasteiger partial charge in [-0.05, 0) is 37.1 Å². The Kier molecular flexibility index (Phi) is 5.09. The molecule has 2 amide bonds. The number of carbonyl (C=O) groups excluding carboxylic acids is 3. The average Bonchev–Trinajstić information content (AvgIpc) is 3.45. The van der Waals surface area contributed by atoms with Crippen LogP contribution in [0.15, 0.2) is 54.6 Å². The fraction of sp³-hybridized carbons (Fsp3) is 0.211. The fourth-order valence-electron chi connectivity index (χ4n) is 2.26. The van der Waals surface area contributed by atoms with Crippen molar-refractivity contribution in [2.75, 3.05) is 11.9 Å². The Morgan fingerprint density at radius 1 is 0.960 bits per heavy atom. The third-order valence-electron chi connectivity index (χ3n) is 3.70. The van der Waals surface area contributed by atoms with Crippen LogP contribution in [0.3, 0.4) is 0 Å². The van der Waals surface area contributed by atoms with Gasteiger partial charge in [0.15, 0.2) is 6.61 Å². The summed E-state index contributed by atoms with van der Waals surface area (Å²) in [6, 6.07) is 15.4. The zero-order valence-electron chi connectivity index (χ0n) is 13.5. The Morgan fingerprint density at radius 2 is 1.64 bits per heavy atom. The summed E-state index contributed by atoms with van der Waals surface area (Å²) in [7, 11) is 0. The Morgan fingerprint density at radius 3 is 2.36 bits per heavy atom. The monoisotopic (exact) mass is 338 g/mol. The second kappa shape index (κ2) is 7.61. The molecule has 25 heavy (non-hydrogen) atoms. The fourth-order valence-corrected chi connectivity index (χ4v) is 2.26. The van der Waals surface area contributed by atoms with Crippen LogP contribution in [0.2, 0.25) is 0 Å². The van der Waals surface area contributed by atoms with E-state index >= 15 is 0 Å². The van der Waals surface area contributed by atoms with Crippen molar-refractivity contribution in [3.8, 4) is 0 Å². The molecule has 0 spiro atoms. The Bertz CT molecular complexity index is 785. The van der Waals surface area contributed by atoms with E-state index in [0.717, 1.165) is 12.8 Å². The molecule has 1 aliphatic rings. The average molecular weight is 338 g/mol. The van der Waals surface area contributed by atoms with Gasteiger partial charge in [-0.3, -0.25) is 9.59 Å². The Hall–Kier alpha value is -3.15. The van der Waals surface area contributed by atoms with E-state index in [9.17, 15) is 14.4 Å². The normalized spacial score (nSPS) is 13.0. The number of hydrogen-bond acceptors (Lipinski definition) is 4. The van der Waals surface area contributed by atoms with E-state index in [1.165, 1.54) is 0 Å². The maximum atomic E-state index is 12.2. The molecule has 6 heteroatoms. The lowest BCUT2D eigenvalue weighted by Crippen LogP contribution is -2.28. The summed E-state index contributed by atoms with van der Waals surface area (Å²) in [4.78, 5) is 36.1. The van der Waals surface area contributed by atoms with E-state index in [1.54, 1.807) is 54.6 Å². The molecule has 1 fully saturated rings. The van der Waals surface area contributed by atoms with Gasteiger partial charge < -0.3 is 15.4 Å². The standard InChI is InChI=1S/C19H18N2O4/c22-17(12-25-19(24)13-6-2-1-3-7-13)21-16-9-5-4-8-15(16)18(23)20-14-10-11-14/h1-9,14H,10-12H2,(H,20,23)(H,21,22). The zero-order chi connectivity index (χ0) is 17.6. The number of carbonyl (C=O) groups is 3. The molecule has 3 rings (SSSR count). The number of benzene rings is 2. The van der Waals surface area contributed by atoms with Gasteiger partial charge in [0, 0.05) is 6.04 Å². The van der Waals surface area contributed by atoms with E-state index in [1.807, 2.05) is 0 Å². The zero-order valence-corrected chi connectivity index (χ0v) is 13.5. The third kappa shape index (κ3) is 4.67. The van der Waals surface area contributed by atoms with Gasteiger partial charge in [-0.15, -0.1) is 0 Å². The van der Waals surface area contributed by atoms with E-state index < -0.39 is 18.5 Å². The number of esters is 1.